The Bertz CT molecular complexity index is 586. The van der Waals surface area contributed by atoms with Crippen molar-refractivity contribution in [1.82, 2.24) is 10.2 Å². The van der Waals surface area contributed by atoms with Crippen LogP contribution in [0.25, 0.3) is 10.9 Å². The van der Waals surface area contributed by atoms with Crippen molar-refractivity contribution in [2.75, 3.05) is 6.61 Å². The van der Waals surface area contributed by atoms with Gasteiger partial charge < -0.3 is 4.74 Å². The normalized spacial score (nSPS) is 13.9. The molecule has 0 atom stereocenters. The number of hydrogen-bond acceptors (Lipinski definition) is 3. The predicted octanol–water partition coefficient (Wildman–Crippen LogP) is 2.23. The van der Waals surface area contributed by atoms with Gasteiger partial charge in [0, 0.05) is 5.39 Å². The van der Waals surface area contributed by atoms with E-state index in [1.807, 2.05) is 0 Å². The van der Waals surface area contributed by atoms with Gasteiger partial charge in [0.1, 0.15) is 0 Å². The Balaban J connectivity index is 2.12. The Labute approximate surface area is 99.0 Å². The topological polar surface area (TPSA) is 55.0 Å². The molecule has 1 aliphatic carbocycles. The minimum absolute atomic E-state index is 0.350. The van der Waals surface area contributed by atoms with Gasteiger partial charge in [0.15, 0.2) is 5.69 Å². The number of carbonyl (C=O) groups excluding carboxylic acids is 1. The molecule has 0 amide bonds. The minimum atomic E-state index is -0.350. The van der Waals surface area contributed by atoms with Crippen LogP contribution in [-0.2, 0) is 17.6 Å². The largest absolute Gasteiger partial charge is 0.461 e. The maximum atomic E-state index is 11.7. The standard InChI is InChI=1S/C13H14N2O2/c1-2-17-13(16)12-10-6-8-4-3-5-9(8)7-11(10)14-15-12/h6-7H,2-5H2,1H3,(H,14,15). The Morgan fingerprint density at radius 1 is 1.41 bits per heavy atom. The zero-order valence-corrected chi connectivity index (χ0v) is 9.75. The Hall–Kier alpha value is -1.84. The highest BCUT2D eigenvalue weighted by Crippen LogP contribution is 2.28. The first-order chi connectivity index (χ1) is 8.29. The number of aryl methyl sites for hydroxylation is 2. The highest BCUT2D eigenvalue weighted by molar-refractivity contribution is 6.02. The van der Waals surface area contributed by atoms with Gasteiger partial charge in [-0.15, -0.1) is 0 Å². The van der Waals surface area contributed by atoms with Gasteiger partial charge in [0.05, 0.1) is 12.1 Å². The molecule has 0 saturated carbocycles. The summed E-state index contributed by atoms with van der Waals surface area (Å²) in [5.74, 6) is -0.350. The number of rotatable bonds is 2. The second-order valence-corrected chi connectivity index (χ2v) is 4.31. The van der Waals surface area contributed by atoms with Crippen molar-refractivity contribution in [3.8, 4) is 0 Å². The average Bonchev–Trinajstić information content (AvgIpc) is 2.91. The lowest BCUT2D eigenvalue weighted by atomic mass is 10.1. The molecule has 0 fully saturated rings. The first kappa shape index (κ1) is 10.3. The molecule has 0 unspecified atom stereocenters. The number of hydrogen-bond donors (Lipinski definition) is 1. The van der Waals surface area contributed by atoms with Crippen LogP contribution in [0.4, 0.5) is 0 Å². The SMILES string of the molecule is CCOC(=O)c1n[nH]c2cc3c(cc12)CCC3. The summed E-state index contributed by atoms with van der Waals surface area (Å²) in [6.45, 7) is 2.17. The number of ether oxygens (including phenoxy) is 1. The second kappa shape index (κ2) is 3.87. The maximum absolute atomic E-state index is 11.7. The summed E-state index contributed by atoms with van der Waals surface area (Å²) < 4.78 is 4.99. The molecular weight excluding hydrogens is 216 g/mol. The summed E-state index contributed by atoms with van der Waals surface area (Å²) in [6, 6.07) is 4.18. The fourth-order valence-electron chi connectivity index (χ4n) is 2.44. The molecule has 0 saturated heterocycles. The predicted molar refractivity (Wildman–Crippen MR) is 64.1 cm³/mol. The van der Waals surface area contributed by atoms with Crippen LogP contribution in [-0.4, -0.2) is 22.8 Å². The summed E-state index contributed by atoms with van der Waals surface area (Å²) in [7, 11) is 0. The molecule has 1 aromatic heterocycles. The highest BCUT2D eigenvalue weighted by Gasteiger charge is 2.19. The van der Waals surface area contributed by atoms with Crippen LogP contribution in [0.3, 0.4) is 0 Å². The van der Waals surface area contributed by atoms with Crippen molar-refractivity contribution in [2.24, 2.45) is 0 Å². The molecule has 1 aliphatic rings. The number of esters is 1. The monoisotopic (exact) mass is 230 g/mol. The smallest absolute Gasteiger partial charge is 0.359 e. The first-order valence-corrected chi connectivity index (χ1v) is 5.96. The van der Waals surface area contributed by atoms with E-state index in [-0.39, 0.29) is 5.97 Å². The van der Waals surface area contributed by atoms with E-state index >= 15 is 0 Å². The average molecular weight is 230 g/mol. The molecular formula is C13H14N2O2. The van der Waals surface area contributed by atoms with Crippen molar-refractivity contribution in [3.63, 3.8) is 0 Å². The molecule has 1 aromatic carbocycles. The summed E-state index contributed by atoms with van der Waals surface area (Å²) in [4.78, 5) is 11.7. The fraction of sp³-hybridized carbons (Fsp3) is 0.385. The second-order valence-electron chi connectivity index (χ2n) is 4.31. The lowest BCUT2D eigenvalue weighted by Crippen LogP contribution is -2.05. The number of nitrogens with zero attached hydrogens (tertiary/aromatic N) is 1. The van der Waals surface area contributed by atoms with Crippen molar-refractivity contribution in [1.29, 1.82) is 0 Å². The van der Waals surface area contributed by atoms with E-state index in [4.69, 9.17) is 4.74 Å². The summed E-state index contributed by atoms with van der Waals surface area (Å²) in [6.07, 6.45) is 3.42. The first-order valence-electron chi connectivity index (χ1n) is 5.96. The van der Waals surface area contributed by atoms with E-state index in [2.05, 4.69) is 22.3 Å². The number of nitrogens with one attached hydrogen (secondary N) is 1. The van der Waals surface area contributed by atoms with Gasteiger partial charge >= 0.3 is 5.97 Å². The molecule has 1 heterocycles. The number of carbonyl (C=O) groups is 1. The van der Waals surface area contributed by atoms with Gasteiger partial charge in [-0.3, -0.25) is 5.10 Å². The van der Waals surface area contributed by atoms with E-state index < -0.39 is 0 Å². The molecule has 0 radical (unpaired) electrons. The molecule has 4 heteroatoms. The van der Waals surface area contributed by atoms with Crippen LogP contribution in [0, 0.1) is 0 Å². The third kappa shape index (κ3) is 1.60. The number of fused-ring (bicyclic) bond motifs is 2. The lowest BCUT2D eigenvalue weighted by Gasteiger charge is -2.01. The zero-order valence-electron chi connectivity index (χ0n) is 9.75. The Morgan fingerprint density at radius 3 is 2.94 bits per heavy atom. The van der Waals surface area contributed by atoms with Crippen molar-refractivity contribution in [2.45, 2.75) is 26.2 Å². The van der Waals surface area contributed by atoms with Crippen LogP contribution < -0.4 is 0 Å². The van der Waals surface area contributed by atoms with Crippen molar-refractivity contribution < 1.29 is 9.53 Å². The van der Waals surface area contributed by atoms with Gasteiger partial charge in [-0.25, -0.2) is 4.79 Å². The molecule has 3 rings (SSSR count). The van der Waals surface area contributed by atoms with Gasteiger partial charge in [-0.1, -0.05) is 0 Å². The summed E-state index contributed by atoms with van der Waals surface area (Å²) >= 11 is 0. The van der Waals surface area contributed by atoms with Crippen molar-refractivity contribution >= 4 is 16.9 Å². The molecule has 2 aromatic rings. The Morgan fingerprint density at radius 2 is 2.18 bits per heavy atom. The molecule has 0 spiro atoms. The van der Waals surface area contributed by atoms with E-state index in [1.165, 1.54) is 17.5 Å². The molecule has 1 N–H and O–H groups in total. The van der Waals surface area contributed by atoms with Crippen LogP contribution in [0.1, 0.15) is 35.0 Å². The number of benzene rings is 1. The number of aromatic amines is 1. The molecule has 88 valence electrons. The van der Waals surface area contributed by atoms with Gasteiger partial charge in [0.25, 0.3) is 0 Å². The lowest BCUT2D eigenvalue weighted by molar-refractivity contribution is 0.0521. The molecule has 0 bridgehead atoms. The van der Waals surface area contributed by atoms with Gasteiger partial charge in [-0.2, -0.15) is 5.10 Å². The van der Waals surface area contributed by atoms with E-state index in [9.17, 15) is 4.79 Å². The summed E-state index contributed by atoms with van der Waals surface area (Å²) in [5.41, 5.74) is 4.03. The number of H-pyrrole nitrogens is 1. The maximum Gasteiger partial charge on any atom is 0.359 e. The quantitative estimate of drug-likeness (QED) is 0.805. The highest BCUT2D eigenvalue weighted by atomic mass is 16.5. The molecule has 4 nitrogen and oxygen atoms in total. The molecule has 17 heavy (non-hydrogen) atoms. The van der Waals surface area contributed by atoms with Crippen LogP contribution >= 0.6 is 0 Å². The van der Waals surface area contributed by atoms with Crippen LogP contribution in [0.15, 0.2) is 12.1 Å². The van der Waals surface area contributed by atoms with Crippen LogP contribution in [0.5, 0.6) is 0 Å². The van der Waals surface area contributed by atoms with Gasteiger partial charge in [-0.05, 0) is 49.4 Å². The van der Waals surface area contributed by atoms with E-state index in [0.29, 0.717) is 12.3 Å². The van der Waals surface area contributed by atoms with Crippen LogP contribution in [0.2, 0.25) is 0 Å². The third-order valence-corrected chi connectivity index (χ3v) is 3.24. The minimum Gasteiger partial charge on any atom is -0.461 e. The number of aromatic nitrogens is 2. The van der Waals surface area contributed by atoms with Crippen molar-refractivity contribution in [3.05, 3.63) is 29.0 Å². The molecule has 0 aliphatic heterocycles. The van der Waals surface area contributed by atoms with E-state index in [0.717, 1.165) is 23.7 Å². The van der Waals surface area contributed by atoms with Gasteiger partial charge in [0.2, 0.25) is 0 Å². The fourth-order valence-corrected chi connectivity index (χ4v) is 2.44. The third-order valence-electron chi connectivity index (χ3n) is 3.24. The van der Waals surface area contributed by atoms with E-state index in [1.54, 1.807) is 6.92 Å². The summed E-state index contributed by atoms with van der Waals surface area (Å²) in [5, 5.41) is 7.84. The Kier molecular flexibility index (Phi) is 2.35. The zero-order chi connectivity index (χ0) is 11.8.